The predicted molar refractivity (Wildman–Crippen MR) is 108 cm³/mol. The first kappa shape index (κ1) is 22.0. The third-order valence-corrected chi connectivity index (χ3v) is 5.01. The van der Waals surface area contributed by atoms with Crippen LogP contribution in [0.1, 0.15) is 58.3 Å². The Kier molecular flexibility index (Phi) is 11.2. The Balaban J connectivity index is 1.57. The number of carbonyl (C=O) groups is 1. The molecule has 0 radical (unpaired) electrons. The molecule has 1 amide bonds. The summed E-state index contributed by atoms with van der Waals surface area (Å²) in [5.41, 5.74) is 0. The number of nitrogens with one attached hydrogen (secondary N) is 2. The number of guanidine groups is 1. The second-order valence-corrected chi connectivity index (χ2v) is 7.27. The van der Waals surface area contributed by atoms with Crippen molar-refractivity contribution in [3.8, 4) is 0 Å². The normalized spacial score (nSPS) is 19.8. The van der Waals surface area contributed by atoms with E-state index in [4.69, 9.17) is 9.47 Å². The number of hydrogen-bond acceptors (Lipinski definition) is 4. The van der Waals surface area contributed by atoms with Crippen LogP contribution < -0.4 is 10.6 Å². The van der Waals surface area contributed by atoms with E-state index >= 15 is 0 Å². The van der Waals surface area contributed by atoms with Crippen LogP contribution in [-0.4, -0.2) is 75.4 Å². The van der Waals surface area contributed by atoms with Crippen LogP contribution in [0.25, 0.3) is 0 Å². The zero-order valence-corrected chi connectivity index (χ0v) is 17.0. The summed E-state index contributed by atoms with van der Waals surface area (Å²) in [7, 11) is 0. The lowest BCUT2D eigenvalue weighted by atomic mass is 10.1. The Labute approximate surface area is 164 Å². The SMILES string of the molecule is CCNC(=NCCCN1CCCCCC1=O)NCCCOC1CCOCC1. The molecule has 7 nitrogen and oxygen atoms in total. The molecule has 0 aromatic heterocycles. The molecule has 0 aromatic carbocycles. The van der Waals surface area contributed by atoms with Gasteiger partial charge >= 0.3 is 0 Å². The molecular weight excluding hydrogens is 344 g/mol. The van der Waals surface area contributed by atoms with Crippen LogP contribution in [-0.2, 0) is 14.3 Å². The van der Waals surface area contributed by atoms with Crippen LogP contribution in [0.15, 0.2) is 4.99 Å². The monoisotopic (exact) mass is 382 g/mol. The number of amides is 1. The molecule has 2 heterocycles. The van der Waals surface area contributed by atoms with Crippen molar-refractivity contribution in [2.75, 3.05) is 52.5 Å². The van der Waals surface area contributed by atoms with Crippen molar-refractivity contribution in [2.24, 2.45) is 4.99 Å². The van der Waals surface area contributed by atoms with Crippen LogP contribution in [0, 0.1) is 0 Å². The molecule has 2 saturated heterocycles. The average Bonchev–Trinajstić information content (AvgIpc) is 2.90. The average molecular weight is 383 g/mol. The number of nitrogens with zero attached hydrogens (tertiary/aromatic N) is 2. The van der Waals surface area contributed by atoms with Crippen molar-refractivity contribution in [1.29, 1.82) is 0 Å². The van der Waals surface area contributed by atoms with Crippen LogP contribution in [0.4, 0.5) is 0 Å². The molecule has 0 saturated carbocycles. The zero-order valence-electron chi connectivity index (χ0n) is 17.0. The van der Waals surface area contributed by atoms with Crippen molar-refractivity contribution < 1.29 is 14.3 Å². The van der Waals surface area contributed by atoms with Gasteiger partial charge in [0.25, 0.3) is 0 Å². The van der Waals surface area contributed by atoms with Gasteiger partial charge in [-0.3, -0.25) is 9.79 Å². The van der Waals surface area contributed by atoms with E-state index in [1.54, 1.807) is 0 Å². The van der Waals surface area contributed by atoms with Gasteiger partial charge in [-0.05, 0) is 45.4 Å². The summed E-state index contributed by atoms with van der Waals surface area (Å²) in [6.07, 6.45) is 8.32. The van der Waals surface area contributed by atoms with Gasteiger partial charge in [0.1, 0.15) is 0 Å². The first-order valence-electron chi connectivity index (χ1n) is 10.8. The van der Waals surface area contributed by atoms with Gasteiger partial charge in [-0.2, -0.15) is 0 Å². The van der Waals surface area contributed by atoms with E-state index in [9.17, 15) is 4.79 Å². The molecule has 2 fully saturated rings. The number of carbonyl (C=O) groups excluding carboxylic acids is 1. The summed E-state index contributed by atoms with van der Waals surface area (Å²) < 4.78 is 11.2. The van der Waals surface area contributed by atoms with Crippen molar-refractivity contribution in [1.82, 2.24) is 15.5 Å². The quantitative estimate of drug-likeness (QED) is 0.343. The summed E-state index contributed by atoms with van der Waals surface area (Å²) in [6.45, 7) is 8.64. The fraction of sp³-hybridized carbons (Fsp3) is 0.900. The van der Waals surface area contributed by atoms with Crippen LogP contribution in [0.2, 0.25) is 0 Å². The van der Waals surface area contributed by atoms with Gasteiger partial charge in [-0.25, -0.2) is 0 Å². The van der Waals surface area contributed by atoms with E-state index < -0.39 is 0 Å². The molecule has 2 rings (SSSR count). The third-order valence-electron chi connectivity index (χ3n) is 5.01. The molecule has 2 N–H and O–H groups in total. The molecule has 0 aromatic rings. The van der Waals surface area contributed by atoms with Gasteiger partial charge in [-0.15, -0.1) is 0 Å². The minimum Gasteiger partial charge on any atom is -0.381 e. The van der Waals surface area contributed by atoms with E-state index in [1.165, 1.54) is 6.42 Å². The maximum absolute atomic E-state index is 12.0. The van der Waals surface area contributed by atoms with Gasteiger partial charge in [0.05, 0.1) is 6.10 Å². The smallest absolute Gasteiger partial charge is 0.222 e. The van der Waals surface area contributed by atoms with Crippen LogP contribution >= 0.6 is 0 Å². The highest BCUT2D eigenvalue weighted by atomic mass is 16.5. The number of rotatable bonds is 10. The summed E-state index contributed by atoms with van der Waals surface area (Å²) >= 11 is 0. The lowest BCUT2D eigenvalue weighted by Gasteiger charge is -2.22. The van der Waals surface area contributed by atoms with E-state index in [1.807, 2.05) is 4.90 Å². The van der Waals surface area contributed by atoms with Gasteiger partial charge in [-0.1, -0.05) is 6.42 Å². The van der Waals surface area contributed by atoms with Crippen molar-refractivity contribution in [3.63, 3.8) is 0 Å². The molecule has 0 spiro atoms. The highest BCUT2D eigenvalue weighted by molar-refractivity contribution is 5.79. The minimum atomic E-state index is 0.311. The lowest BCUT2D eigenvalue weighted by Crippen LogP contribution is -2.38. The number of hydrogen-bond donors (Lipinski definition) is 2. The Morgan fingerprint density at radius 1 is 1.22 bits per heavy atom. The van der Waals surface area contributed by atoms with Crippen LogP contribution in [0.5, 0.6) is 0 Å². The summed E-state index contributed by atoms with van der Waals surface area (Å²) in [4.78, 5) is 18.7. The standard InChI is InChI=1S/C20H38N4O3/c1-2-21-20(23-12-7-15-27-18-9-16-26-17-10-18)22-11-6-14-24-13-5-3-4-8-19(24)25/h18H,2-17H2,1H3,(H2,21,22,23). The first-order valence-corrected chi connectivity index (χ1v) is 10.8. The second kappa shape index (κ2) is 13.8. The molecule has 27 heavy (non-hydrogen) atoms. The molecular formula is C20H38N4O3. The van der Waals surface area contributed by atoms with E-state index in [0.717, 1.165) is 97.0 Å². The third kappa shape index (κ3) is 9.42. The molecule has 0 aliphatic carbocycles. The van der Waals surface area contributed by atoms with Gasteiger partial charge in [0.15, 0.2) is 5.96 Å². The van der Waals surface area contributed by atoms with Crippen LogP contribution in [0.3, 0.4) is 0 Å². The number of ether oxygens (including phenoxy) is 2. The van der Waals surface area contributed by atoms with Crippen molar-refractivity contribution in [2.45, 2.75) is 64.4 Å². The molecule has 2 aliphatic heterocycles. The van der Waals surface area contributed by atoms with Crippen molar-refractivity contribution >= 4 is 11.9 Å². The highest BCUT2D eigenvalue weighted by Crippen LogP contribution is 2.11. The molecule has 7 heteroatoms. The molecule has 0 bridgehead atoms. The summed E-state index contributed by atoms with van der Waals surface area (Å²) in [5.74, 6) is 1.16. The maximum atomic E-state index is 12.0. The largest absolute Gasteiger partial charge is 0.381 e. The topological polar surface area (TPSA) is 75.2 Å². The van der Waals surface area contributed by atoms with E-state index in [0.29, 0.717) is 18.4 Å². The number of aliphatic imine (C=N–C) groups is 1. The Hall–Kier alpha value is -1.34. The van der Waals surface area contributed by atoms with Crippen molar-refractivity contribution in [3.05, 3.63) is 0 Å². The Morgan fingerprint density at radius 2 is 2.07 bits per heavy atom. The fourth-order valence-corrected chi connectivity index (χ4v) is 3.44. The molecule has 0 atom stereocenters. The summed E-state index contributed by atoms with van der Waals surface area (Å²) in [5, 5.41) is 6.65. The highest BCUT2D eigenvalue weighted by Gasteiger charge is 2.15. The van der Waals surface area contributed by atoms with Gasteiger partial charge < -0.3 is 25.0 Å². The molecule has 156 valence electrons. The second-order valence-electron chi connectivity index (χ2n) is 7.27. The number of likely N-dealkylation sites (tertiary alicyclic amines) is 1. The van der Waals surface area contributed by atoms with E-state index in [-0.39, 0.29) is 0 Å². The molecule has 2 aliphatic rings. The predicted octanol–water partition coefficient (Wildman–Crippen LogP) is 1.92. The Bertz CT molecular complexity index is 439. The lowest BCUT2D eigenvalue weighted by molar-refractivity contribution is -0.130. The van der Waals surface area contributed by atoms with E-state index in [2.05, 4.69) is 22.5 Å². The maximum Gasteiger partial charge on any atom is 0.222 e. The fourth-order valence-electron chi connectivity index (χ4n) is 3.44. The molecule has 0 unspecified atom stereocenters. The van der Waals surface area contributed by atoms with Gasteiger partial charge in [0.2, 0.25) is 5.91 Å². The summed E-state index contributed by atoms with van der Waals surface area (Å²) in [6, 6.07) is 0. The minimum absolute atomic E-state index is 0.311. The Morgan fingerprint density at radius 3 is 2.89 bits per heavy atom. The first-order chi connectivity index (χ1) is 13.3. The van der Waals surface area contributed by atoms with Gasteiger partial charge in [0, 0.05) is 59.0 Å². The zero-order chi connectivity index (χ0) is 19.2.